The predicted molar refractivity (Wildman–Crippen MR) is 141 cm³/mol. The zero-order chi connectivity index (χ0) is 25.0. The molecule has 3 saturated carbocycles. The average Bonchev–Trinajstić information content (AvgIpc) is 3.40. The summed E-state index contributed by atoms with van der Waals surface area (Å²) in [4.78, 5) is -0.0217. The van der Waals surface area contributed by atoms with Gasteiger partial charge in [-0.25, -0.2) is 0 Å². The Hall–Kier alpha value is -0.693. The van der Waals surface area contributed by atoms with Crippen molar-refractivity contribution in [3.8, 4) is 0 Å². The van der Waals surface area contributed by atoms with Crippen LogP contribution in [0.4, 0.5) is 0 Å². The maximum Gasteiger partial charge on any atom is 0.294 e. The van der Waals surface area contributed by atoms with Crippen molar-refractivity contribution < 1.29 is 17.4 Å². The van der Waals surface area contributed by atoms with Crippen LogP contribution < -0.4 is 0 Å². The van der Waals surface area contributed by atoms with Gasteiger partial charge in [-0.3, -0.25) is 4.55 Å². The Bertz CT molecular complexity index is 975. The Kier molecular flexibility index (Phi) is 6.98. The van der Waals surface area contributed by atoms with Crippen LogP contribution in [-0.4, -0.2) is 27.4 Å². The maximum absolute atomic E-state index is 11.3. The molecule has 1 aromatic rings. The van der Waals surface area contributed by atoms with Crippen molar-refractivity contribution in [3.05, 3.63) is 29.8 Å². The van der Waals surface area contributed by atoms with Gasteiger partial charge in [0.05, 0.1) is 4.90 Å². The van der Waals surface area contributed by atoms with Crippen LogP contribution in [0, 0.1) is 22.7 Å². The molecule has 4 atom stereocenters. The normalized spacial score (nSPS) is 31.3. The summed E-state index contributed by atoms with van der Waals surface area (Å²) in [6.07, 6.45) is 13.2. The predicted octanol–water partition coefficient (Wildman–Crippen LogP) is 7.64. The molecule has 0 unspecified atom stereocenters. The van der Waals surface area contributed by atoms with Crippen LogP contribution >= 0.6 is 0 Å². The minimum Gasteiger partial charge on any atom is -0.414 e. The first-order valence-electron chi connectivity index (χ1n) is 13.4. The monoisotopic (exact) mass is 506 g/mol. The smallest absolute Gasteiger partial charge is 0.294 e. The molecular formula is C28H46O4SSi. The van der Waals surface area contributed by atoms with Gasteiger partial charge < -0.3 is 4.43 Å². The molecule has 0 aromatic heterocycles. The van der Waals surface area contributed by atoms with Crippen LogP contribution in [0.25, 0.3) is 0 Å². The lowest BCUT2D eigenvalue weighted by molar-refractivity contribution is -0.0273. The fourth-order valence-electron chi connectivity index (χ4n) is 7.23. The maximum atomic E-state index is 11.3. The Labute approximate surface area is 209 Å². The van der Waals surface area contributed by atoms with Crippen LogP contribution in [0.5, 0.6) is 0 Å². The van der Waals surface area contributed by atoms with Crippen molar-refractivity contribution in [2.75, 3.05) is 0 Å². The van der Waals surface area contributed by atoms with Gasteiger partial charge in [-0.05, 0) is 116 Å². The zero-order valence-electron chi connectivity index (χ0n) is 22.2. The van der Waals surface area contributed by atoms with E-state index in [9.17, 15) is 13.0 Å². The highest BCUT2D eigenvalue weighted by Gasteiger charge is 2.62. The first kappa shape index (κ1) is 26.4. The van der Waals surface area contributed by atoms with Crippen LogP contribution in [0.1, 0.15) is 91.0 Å². The fraction of sp³-hybridized carbons (Fsp3) is 0.786. The molecule has 6 heteroatoms. The summed E-state index contributed by atoms with van der Waals surface area (Å²) in [6, 6.07) is 6.73. The van der Waals surface area contributed by atoms with Crippen molar-refractivity contribution in [1.29, 1.82) is 0 Å². The minimum absolute atomic E-state index is 0.0217. The minimum atomic E-state index is -4.11. The highest BCUT2D eigenvalue weighted by atomic mass is 32.2. The van der Waals surface area contributed by atoms with Gasteiger partial charge in [-0.2, -0.15) is 8.42 Å². The standard InChI is InChI=1S/C28H46O4SSi/c1-26(2,3)34(5,6)32-24-10-8-17-27(4)23(24)15-16-25(27)28(19-20-28)18-7-9-21-11-13-22(14-12-21)33(29,30)31/h11-14,23-25H,7-10,15-20H2,1-6H3,(H,29,30,31)/t23-,24-,25-,27-/m0/s1. The molecule has 1 aromatic carbocycles. The van der Waals surface area contributed by atoms with Crippen LogP contribution in [0.2, 0.25) is 18.1 Å². The van der Waals surface area contributed by atoms with E-state index in [-0.39, 0.29) is 9.93 Å². The van der Waals surface area contributed by atoms with Crippen molar-refractivity contribution >= 4 is 18.4 Å². The third-order valence-corrected chi connectivity index (χ3v) is 15.7. The van der Waals surface area contributed by atoms with Crippen molar-refractivity contribution in [2.24, 2.45) is 22.7 Å². The van der Waals surface area contributed by atoms with E-state index in [0.29, 0.717) is 22.9 Å². The molecular weight excluding hydrogens is 460 g/mol. The molecule has 4 nitrogen and oxygen atoms in total. The lowest BCUT2D eigenvalue weighted by atomic mass is 9.60. The summed E-state index contributed by atoms with van der Waals surface area (Å²) in [6.45, 7) is 14.5. The molecule has 0 amide bonds. The second kappa shape index (κ2) is 9.00. The molecule has 3 fully saturated rings. The SMILES string of the molecule is CC(C)(C)[Si](C)(C)O[C@H]1CCC[C@]2(C)[C@@H](C3(CCCc4ccc(S(=O)(=O)O)cc4)CC3)CC[C@@H]12. The van der Waals surface area contributed by atoms with Gasteiger partial charge in [-0.1, -0.05) is 46.2 Å². The Morgan fingerprint density at radius 1 is 1.06 bits per heavy atom. The average molecular weight is 507 g/mol. The van der Waals surface area contributed by atoms with E-state index >= 15 is 0 Å². The van der Waals surface area contributed by atoms with Crippen molar-refractivity contribution in [2.45, 2.75) is 121 Å². The largest absolute Gasteiger partial charge is 0.414 e. The summed E-state index contributed by atoms with van der Waals surface area (Å²) >= 11 is 0. The molecule has 0 aliphatic heterocycles. The molecule has 4 rings (SSSR count). The third-order valence-electron chi connectivity index (χ3n) is 10.3. The molecule has 0 bridgehead atoms. The molecule has 1 N–H and O–H groups in total. The molecule has 192 valence electrons. The van der Waals surface area contributed by atoms with E-state index in [1.54, 1.807) is 0 Å². The van der Waals surface area contributed by atoms with Crippen LogP contribution in [-0.2, 0) is 21.0 Å². The fourth-order valence-corrected chi connectivity index (χ4v) is 9.10. The number of fused-ring (bicyclic) bond motifs is 1. The van der Waals surface area contributed by atoms with E-state index in [2.05, 4.69) is 40.8 Å². The van der Waals surface area contributed by atoms with Crippen molar-refractivity contribution in [3.63, 3.8) is 0 Å². The van der Waals surface area contributed by atoms with Gasteiger partial charge in [0, 0.05) is 6.10 Å². The van der Waals surface area contributed by atoms with E-state index in [1.807, 2.05) is 12.1 Å². The van der Waals surface area contributed by atoms with Gasteiger partial charge in [0.15, 0.2) is 8.32 Å². The van der Waals surface area contributed by atoms with Crippen molar-refractivity contribution in [1.82, 2.24) is 0 Å². The molecule has 0 spiro atoms. The van der Waals surface area contributed by atoms with E-state index in [4.69, 9.17) is 4.43 Å². The number of hydrogen-bond donors (Lipinski definition) is 1. The lowest BCUT2D eigenvalue weighted by Gasteiger charge is -2.50. The number of benzene rings is 1. The second-order valence-electron chi connectivity index (χ2n) is 13.4. The zero-order valence-corrected chi connectivity index (χ0v) is 24.0. The summed E-state index contributed by atoms with van der Waals surface area (Å²) < 4.78 is 38.8. The van der Waals surface area contributed by atoms with Gasteiger partial charge in [0.2, 0.25) is 0 Å². The highest BCUT2D eigenvalue weighted by Crippen LogP contribution is 2.69. The molecule has 0 radical (unpaired) electrons. The lowest BCUT2D eigenvalue weighted by Crippen LogP contribution is -2.50. The number of hydrogen-bond acceptors (Lipinski definition) is 3. The van der Waals surface area contributed by atoms with E-state index in [1.165, 1.54) is 63.5 Å². The summed E-state index contributed by atoms with van der Waals surface area (Å²) in [7, 11) is -5.88. The quantitative estimate of drug-likeness (QED) is 0.290. The second-order valence-corrected chi connectivity index (χ2v) is 19.6. The van der Waals surface area contributed by atoms with Crippen LogP contribution in [0.15, 0.2) is 29.2 Å². The molecule has 3 aliphatic carbocycles. The van der Waals surface area contributed by atoms with E-state index < -0.39 is 18.4 Å². The Balaban J connectivity index is 1.40. The molecule has 3 aliphatic rings. The summed E-state index contributed by atoms with van der Waals surface area (Å²) in [5, 5.41) is 0.260. The third kappa shape index (κ3) is 5.07. The van der Waals surface area contributed by atoms with E-state index in [0.717, 1.165) is 24.3 Å². The highest BCUT2D eigenvalue weighted by molar-refractivity contribution is 7.85. The van der Waals surface area contributed by atoms with Gasteiger partial charge in [0.25, 0.3) is 10.1 Å². The Morgan fingerprint density at radius 3 is 2.26 bits per heavy atom. The van der Waals surface area contributed by atoms with Crippen LogP contribution in [0.3, 0.4) is 0 Å². The summed E-state index contributed by atoms with van der Waals surface area (Å²) in [5.74, 6) is 1.53. The summed E-state index contributed by atoms with van der Waals surface area (Å²) in [5.41, 5.74) is 2.08. The molecule has 0 heterocycles. The van der Waals surface area contributed by atoms with Gasteiger partial charge in [0.1, 0.15) is 0 Å². The number of aryl methyl sites for hydroxylation is 1. The first-order chi connectivity index (χ1) is 15.7. The molecule has 34 heavy (non-hydrogen) atoms. The molecule has 0 saturated heterocycles. The Morgan fingerprint density at radius 2 is 1.71 bits per heavy atom. The topological polar surface area (TPSA) is 63.6 Å². The first-order valence-corrected chi connectivity index (χ1v) is 17.8. The van der Waals surface area contributed by atoms with Gasteiger partial charge in [-0.15, -0.1) is 0 Å². The van der Waals surface area contributed by atoms with Gasteiger partial charge >= 0.3 is 0 Å². The number of rotatable bonds is 8.